The second-order valence-electron chi connectivity index (χ2n) is 5.26. The van der Waals surface area contributed by atoms with E-state index in [0.717, 1.165) is 32.7 Å². The van der Waals surface area contributed by atoms with Crippen molar-refractivity contribution in [1.82, 2.24) is 9.80 Å². The molecule has 0 saturated carbocycles. The minimum Gasteiger partial charge on any atom is -0.489 e. The Morgan fingerprint density at radius 3 is 2.48 bits per heavy atom. The van der Waals surface area contributed by atoms with Gasteiger partial charge in [0, 0.05) is 39.3 Å². The van der Waals surface area contributed by atoms with Gasteiger partial charge in [0.15, 0.2) is 0 Å². The van der Waals surface area contributed by atoms with Crippen molar-refractivity contribution in [3.05, 3.63) is 29.3 Å². The van der Waals surface area contributed by atoms with Crippen molar-refractivity contribution in [2.24, 2.45) is 0 Å². The molecule has 21 heavy (non-hydrogen) atoms. The van der Waals surface area contributed by atoms with E-state index in [1.54, 1.807) is 12.1 Å². The third kappa shape index (κ3) is 5.45. The predicted octanol–water partition coefficient (Wildman–Crippen LogP) is 0.690. The number of ether oxygens (including phenoxy) is 1. The normalized spacial score (nSPS) is 18.6. The first-order valence-corrected chi connectivity index (χ1v) is 7.68. The number of β-amino-alcohol motifs (C(OH)–C–C–N with tert-alkyl or cyclic N) is 2. The first-order chi connectivity index (χ1) is 10.2. The molecule has 1 aliphatic heterocycles. The third-order valence-corrected chi connectivity index (χ3v) is 3.93. The van der Waals surface area contributed by atoms with Crippen LogP contribution in [0.5, 0.6) is 5.75 Å². The van der Waals surface area contributed by atoms with Gasteiger partial charge in [0.2, 0.25) is 0 Å². The first kappa shape index (κ1) is 16.5. The summed E-state index contributed by atoms with van der Waals surface area (Å²) in [4.78, 5) is 4.44. The molecule has 2 rings (SSSR count). The van der Waals surface area contributed by atoms with E-state index in [2.05, 4.69) is 9.80 Å². The average molecular weight is 315 g/mol. The summed E-state index contributed by atoms with van der Waals surface area (Å²) in [5.41, 5.74) is 0. The fourth-order valence-corrected chi connectivity index (χ4v) is 2.63. The quantitative estimate of drug-likeness (QED) is 0.775. The van der Waals surface area contributed by atoms with Crippen LogP contribution in [0.1, 0.15) is 0 Å². The maximum Gasteiger partial charge on any atom is 0.138 e. The molecule has 0 radical (unpaired) electrons. The fraction of sp³-hybridized carbons (Fsp3) is 0.600. The molecule has 0 amide bonds. The Bertz CT molecular complexity index is 425. The molecule has 1 saturated heterocycles. The molecule has 1 aromatic carbocycles. The molecule has 0 bridgehead atoms. The summed E-state index contributed by atoms with van der Waals surface area (Å²) in [5, 5.41) is 19.5. The number of aliphatic hydroxyl groups excluding tert-OH is 2. The van der Waals surface area contributed by atoms with Crippen molar-refractivity contribution in [1.29, 1.82) is 0 Å². The second-order valence-corrected chi connectivity index (χ2v) is 5.67. The second kappa shape index (κ2) is 8.56. The van der Waals surface area contributed by atoms with Crippen molar-refractivity contribution in [2.45, 2.75) is 6.10 Å². The zero-order valence-corrected chi connectivity index (χ0v) is 12.9. The topological polar surface area (TPSA) is 56.2 Å². The van der Waals surface area contributed by atoms with Gasteiger partial charge in [-0.05, 0) is 12.1 Å². The van der Waals surface area contributed by atoms with E-state index < -0.39 is 6.10 Å². The molecule has 0 spiro atoms. The summed E-state index contributed by atoms with van der Waals surface area (Å²) < 4.78 is 5.55. The molecule has 1 heterocycles. The monoisotopic (exact) mass is 314 g/mol. The van der Waals surface area contributed by atoms with Crippen LogP contribution in [0.25, 0.3) is 0 Å². The third-order valence-electron chi connectivity index (χ3n) is 3.62. The maximum atomic E-state index is 10.1. The SMILES string of the molecule is OCCN1CCN(C[C@@H](O)COc2ccccc2Cl)CC1. The zero-order chi connectivity index (χ0) is 15.1. The summed E-state index contributed by atoms with van der Waals surface area (Å²) in [5.74, 6) is 0.603. The van der Waals surface area contributed by atoms with Crippen molar-refractivity contribution in [3.63, 3.8) is 0 Å². The summed E-state index contributed by atoms with van der Waals surface area (Å²) in [6, 6.07) is 7.26. The van der Waals surface area contributed by atoms with Crippen molar-refractivity contribution < 1.29 is 14.9 Å². The van der Waals surface area contributed by atoms with E-state index in [0.29, 0.717) is 17.3 Å². The van der Waals surface area contributed by atoms with Crippen molar-refractivity contribution in [2.75, 3.05) is 52.5 Å². The Balaban J connectivity index is 1.68. The number of halogens is 1. The van der Waals surface area contributed by atoms with E-state index in [4.69, 9.17) is 21.4 Å². The van der Waals surface area contributed by atoms with E-state index in [1.165, 1.54) is 0 Å². The number of rotatable bonds is 7. The number of piperazine rings is 1. The molecule has 0 aromatic heterocycles. The van der Waals surface area contributed by atoms with Gasteiger partial charge in [0.25, 0.3) is 0 Å². The predicted molar refractivity (Wildman–Crippen MR) is 82.9 cm³/mol. The van der Waals surface area contributed by atoms with Gasteiger partial charge in [0.1, 0.15) is 18.5 Å². The number of benzene rings is 1. The van der Waals surface area contributed by atoms with Crippen LogP contribution in [0.3, 0.4) is 0 Å². The highest BCUT2D eigenvalue weighted by atomic mass is 35.5. The highest BCUT2D eigenvalue weighted by molar-refractivity contribution is 6.32. The largest absolute Gasteiger partial charge is 0.489 e. The molecule has 1 aromatic rings. The van der Waals surface area contributed by atoms with Crippen LogP contribution in [0.4, 0.5) is 0 Å². The molecule has 5 nitrogen and oxygen atoms in total. The van der Waals surface area contributed by atoms with E-state index in [9.17, 15) is 5.11 Å². The Kier molecular flexibility index (Phi) is 6.73. The Labute approximate surface area is 130 Å². The first-order valence-electron chi connectivity index (χ1n) is 7.30. The van der Waals surface area contributed by atoms with Crippen LogP contribution in [0.2, 0.25) is 5.02 Å². The molecule has 118 valence electrons. The minimum absolute atomic E-state index is 0.203. The summed E-state index contributed by atoms with van der Waals surface area (Å²) in [7, 11) is 0. The summed E-state index contributed by atoms with van der Waals surface area (Å²) >= 11 is 6.00. The summed E-state index contributed by atoms with van der Waals surface area (Å²) in [6.45, 7) is 5.43. The van der Waals surface area contributed by atoms with Crippen LogP contribution in [0.15, 0.2) is 24.3 Å². The van der Waals surface area contributed by atoms with Gasteiger partial charge in [0.05, 0.1) is 11.6 Å². The molecular weight excluding hydrogens is 292 g/mol. The molecular formula is C15H23ClN2O3. The lowest BCUT2D eigenvalue weighted by Crippen LogP contribution is -2.49. The lowest BCUT2D eigenvalue weighted by atomic mass is 10.2. The van der Waals surface area contributed by atoms with E-state index in [-0.39, 0.29) is 13.2 Å². The number of hydrogen-bond donors (Lipinski definition) is 2. The fourth-order valence-electron chi connectivity index (χ4n) is 2.44. The van der Waals surface area contributed by atoms with Gasteiger partial charge in [-0.25, -0.2) is 0 Å². The summed E-state index contributed by atoms with van der Waals surface area (Å²) in [6.07, 6.45) is -0.536. The number of nitrogens with zero attached hydrogens (tertiary/aromatic N) is 2. The Morgan fingerprint density at radius 2 is 1.81 bits per heavy atom. The minimum atomic E-state index is -0.536. The lowest BCUT2D eigenvalue weighted by Gasteiger charge is -2.35. The van der Waals surface area contributed by atoms with Crippen LogP contribution in [-0.2, 0) is 0 Å². The van der Waals surface area contributed by atoms with Crippen molar-refractivity contribution >= 4 is 11.6 Å². The zero-order valence-electron chi connectivity index (χ0n) is 12.1. The molecule has 0 aliphatic carbocycles. The Morgan fingerprint density at radius 1 is 1.14 bits per heavy atom. The standard InChI is InChI=1S/C15H23ClN2O3/c16-14-3-1-2-4-15(14)21-12-13(20)11-18-7-5-17(6-8-18)9-10-19/h1-4,13,19-20H,5-12H2/t13-/m1/s1. The lowest BCUT2D eigenvalue weighted by molar-refractivity contribution is 0.0429. The molecule has 6 heteroatoms. The molecule has 1 fully saturated rings. The number of aliphatic hydroxyl groups is 2. The van der Waals surface area contributed by atoms with Crippen LogP contribution < -0.4 is 4.74 Å². The molecule has 1 atom stereocenters. The van der Waals surface area contributed by atoms with Gasteiger partial charge in [-0.1, -0.05) is 23.7 Å². The highest BCUT2D eigenvalue weighted by Gasteiger charge is 2.19. The van der Waals surface area contributed by atoms with Crippen LogP contribution in [-0.4, -0.2) is 78.6 Å². The molecule has 2 N–H and O–H groups in total. The molecule has 0 unspecified atom stereocenters. The van der Waals surface area contributed by atoms with Gasteiger partial charge < -0.3 is 14.9 Å². The number of para-hydroxylation sites is 1. The van der Waals surface area contributed by atoms with Crippen molar-refractivity contribution in [3.8, 4) is 5.75 Å². The van der Waals surface area contributed by atoms with E-state index >= 15 is 0 Å². The maximum absolute atomic E-state index is 10.1. The van der Waals surface area contributed by atoms with Crippen LogP contribution >= 0.6 is 11.6 Å². The Hall–Kier alpha value is -0.850. The average Bonchev–Trinajstić information content (AvgIpc) is 2.49. The smallest absolute Gasteiger partial charge is 0.138 e. The number of hydrogen-bond acceptors (Lipinski definition) is 5. The van der Waals surface area contributed by atoms with Gasteiger partial charge in [-0.15, -0.1) is 0 Å². The van der Waals surface area contributed by atoms with Gasteiger partial charge in [-0.2, -0.15) is 0 Å². The van der Waals surface area contributed by atoms with Gasteiger partial charge >= 0.3 is 0 Å². The van der Waals surface area contributed by atoms with E-state index in [1.807, 2.05) is 12.1 Å². The van der Waals surface area contributed by atoms with Crippen LogP contribution in [0, 0.1) is 0 Å². The van der Waals surface area contributed by atoms with Gasteiger partial charge in [-0.3, -0.25) is 9.80 Å². The highest BCUT2D eigenvalue weighted by Crippen LogP contribution is 2.23. The molecule has 1 aliphatic rings.